The van der Waals surface area contributed by atoms with E-state index in [4.69, 9.17) is 4.52 Å². The van der Waals surface area contributed by atoms with Crippen LogP contribution < -0.4 is 0 Å². The van der Waals surface area contributed by atoms with Crippen LogP contribution in [0, 0.1) is 0 Å². The normalized spacial score (nSPS) is 16.1. The summed E-state index contributed by atoms with van der Waals surface area (Å²) in [4.78, 5) is 13.1. The molecule has 0 fully saturated rings. The van der Waals surface area contributed by atoms with Gasteiger partial charge in [-0.3, -0.25) is 4.57 Å². The summed E-state index contributed by atoms with van der Waals surface area (Å²) in [5.74, 6) is 0. The Hall–Kier alpha value is -1.09. The molecule has 2 unspecified atom stereocenters. The lowest BCUT2D eigenvalue weighted by atomic mass is 10.1. The third-order valence-electron chi connectivity index (χ3n) is 3.38. The van der Waals surface area contributed by atoms with Gasteiger partial charge in [0.25, 0.3) is 0 Å². The third-order valence-corrected chi connectivity index (χ3v) is 4.86. The lowest BCUT2D eigenvalue weighted by Gasteiger charge is -2.17. The van der Waals surface area contributed by atoms with Crippen LogP contribution in [0.2, 0.25) is 0 Å². The first-order valence-corrected chi connectivity index (χ1v) is 8.83. The molecule has 2 N–H and O–H groups in total. The molecule has 0 bridgehead atoms. The zero-order valence-corrected chi connectivity index (χ0v) is 12.9. The Labute approximate surface area is 119 Å². The molecule has 5 heteroatoms. The van der Waals surface area contributed by atoms with Crippen molar-refractivity contribution in [3.8, 4) is 0 Å². The van der Waals surface area contributed by atoms with Crippen molar-refractivity contribution >= 4 is 18.5 Å². The van der Waals surface area contributed by atoms with Gasteiger partial charge >= 0.3 is 7.60 Å². The van der Waals surface area contributed by atoms with Gasteiger partial charge in [0.05, 0.1) is 12.3 Å². The van der Waals surface area contributed by atoms with E-state index in [-0.39, 0.29) is 12.3 Å². The molecule has 1 heterocycles. The number of rotatable bonds is 7. The maximum absolute atomic E-state index is 12.1. The topological polar surface area (TPSA) is 62.3 Å². The molecule has 4 nitrogen and oxygen atoms in total. The summed E-state index contributed by atoms with van der Waals surface area (Å²) in [5.41, 5.74) is 2.11. The highest BCUT2D eigenvalue weighted by Crippen LogP contribution is 2.44. The van der Waals surface area contributed by atoms with Gasteiger partial charge in [0.15, 0.2) is 0 Å². The second-order valence-corrected chi connectivity index (χ2v) is 7.11. The summed E-state index contributed by atoms with van der Waals surface area (Å²) >= 11 is 0. The van der Waals surface area contributed by atoms with E-state index in [0.717, 1.165) is 29.3 Å². The number of H-pyrrole nitrogens is 1. The highest BCUT2D eigenvalue weighted by Gasteiger charge is 2.22. The van der Waals surface area contributed by atoms with Crippen LogP contribution in [0.25, 0.3) is 10.9 Å². The lowest BCUT2D eigenvalue weighted by molar-refractivity contribution is 0.180. The van der Waals surface area contributed by atoms with Gasteiger partial charge in [-0.15, -0.1) is 0 Å². The molecular formula is C15H22NO3P. The van der Waals surface area contributed by atoms with E-state index in [2.05, 4.69) is 4.98 Å². The molecule has 2 aromatic rings. The van der Waals surface area contributed by atoms with E-state index < -0.39 is 7.60 Å². The highest BCUT2D eigenvalue weighted by atomic mass is 31.2. The number of hydrogen-bond donors (Lipinski definition) is 2. The fraction of sp³-hybridized carbons (Fsp3) is 0.467. The molecule has 0 radical (unpaired) electrons. The summed E-state index contributed by atoms with van der Waals surface area (Å²) in [7, 11) is -3.51. The third kappa shape index (κ3) is 3.95. The molecule has 0 aliphatic carbocycles. The van der Waals surface area contributed by atoms with Crippen molar-refractivity contribution in [2.24, 2.45) is 0 Å². The minimum Gasteiger partial charge on any atom is -0.361 e. The first kappa shape index (κ1) is 15.3. The maximum atomic E-state index is 12.1. The monoisotopic (exact) mass is 295 g/mol. The summed E-state index contributed by atoms with van der Waals surface area (Å²) < 4.78 is 17.3. The van der Waals surface area contributed by atoms with Gasteiger partial charge in [-0.1, -0.05) is 31.5 Å². The van der Waals surface area contributed by atoms with E-state index in [0.29, 0.717) is 6.42 Å². The number of fused-ring (bicyclic) bond motifs is 1. The van der Waals surface area contributed by atoms with Gasteiger partial charge in [0, 0.05) is 17.1 Å². The SMILES string of the molecule is CCCC(C)OP(=O)(O)CCc1c[nH]c2ccccc12. The highest BCUT2D eigenvalue weighted by molar-refractivity contribution is 7.52. The van der Waals surface area contributed by atoms with Crippen molar-refractivity contribution in [2.45, 2.75) is 39.2 Å². The molecule has 2 atom stereocenters. The molecule has 0 saturated carbocycles. The molecule has 1 aromatic carbocycles. The van der Waals surface area contributed by atoms with E-state index in [9.17, 15) is 9.46 Å². The molecule has 0 spiro atoms. The van der Waals surface area contributed by atoms with Gasteiger partial charge in [-0.05, 0) is 31.4 Å². The standard InChI is InChI=1S/C15H22NO3P/c1-3-6-12(2)19-20(17,18)10-9-13-11-16-15-8-5-4-7-14(13)15/h4-5,7-8,11-12,16H,3,6,9-10H2,1-2H3,(H,17,18). The number of aryl methyl sites for hydroxylation is 1. The molecule has 0 aliphatic heterocycles. The van der Waals surface area contributed by atoms with Crippen LogP contribution in [0.5, 0.6) is 0 Å². The lowest BCUT2D eigenvalue weighted by Crippen LogP contribution is -2.08. The largest absolute Gasteiger partial charge is 0.361 e. The molecule has 110 valence electrons. The molecule has 0 aliphatic rings. The number of aromatic amines is 1. The maximum Gasteiger partial charge on any atom is 0.328 e. The average molecular weight is 295 g/mol. The van der Waals surface area contributed by atoms with Gasteiger partial charge in [-0.2, -0.15) is 0 Å². The first-order chi connectivity index (χ1) is 9.52. The zero-order valence-electron chi connectivity index (χ0n) is 12.0. The van der Waals surface area contributed by atoms with Crippen LogP contribution in [0.3, 0.4) is 0 Å². The van der Waals surface area contributed by atoms with Crippen molar-refractivity contribution in [3.05, 3.63) is 36.0 Å². The second kappa shape index (κ2) is 6.57. The number of para-hydroxylation sites is 1. The van der Waals surface area contributed by atoms with Crippen molar-refractivity contribution in [3.63, 3.8) is 0 Å². The molecule has 2 rings (SSSR count). The minimum absolute atomic E-state index is 0.156. The van der Waals surface area contributed by atoms with Gasteiger partial charge < -0.3 is 14.4 Å². The number of benzene rings is 1. The van der Waals surface area contributed by atoms with Crippen LogP contribution >= 0.6 is 7.60 Å². The molecule has 0 saturated heterocycles. The Morgan fingerprint density at radius 1 is 1.40 bits per heavy atom. The Morgan fingerprint density at radius 2 is 2.15 bits per heavy atom. The number of aromatic nitrogens is 1. The smallest absolute Gasteiger partial charge is 0.328 e. The van der Waals surface area contributed by atoms with Crippen LogP contribution in [0.15, 0.2) is 30.5 Å². The van der Waals surface area contributed by atoms with Gasteiger partial charge in [0.1, 0.15) is 0 Å². The van der Waals surface area contributed by atoms with Crippen LogP contribution in [-0.4, -0.2) is 22.1 Å². The first-order valence-electron chi connectivity index (χ1n) is 7.07. The predicted molar refractivity (Wildman–Crippen MR) is 82.2 cm³/mol. The number of hydrogen-bond acceptors (Lipinski definition) is 2. The van der Waals surface area contributed by atoms with Crippen LogP contribution in [0.1, 0.15) is 32.3 Å². The summed E-state index contributed by atoms with van der Waals surface area (Å²) in [6.07, 6.45) is 4.18. The van der Waals surface area contributed by atoms with Crippen molar-refractivity contribution < 1.29 is 14.0 Å². The van der Waals surface area contributed by atoms with E-state index in [1.807, 2.05) is 44.3 Å². The Morgan fingerprint density at radius 3 is 2.90 bits per heavy atom. The molecular weight excluding hydrogens is 273 g/mol. The summed E-state index contributed by atoms with van der Waals surface area (Å²) in [5, 5.41) is 1.11. The number of nitrogens with one attached hydrogen (secondary N) is 1. The molecule has 20 heavy (non-hydrogen) atoms. The van der Waals surface area contributed by atoms with Crippen LogP contribution in [-0.2, 0) is 15.5 Å². The Balaban J connectivity index is 1.99. The van der Waals surface area contributed by atoms with Crippen molar-refractivity contribution in [1.29, 1.82) is 0 Å². The second-order valence-electron chi connectivity index (χ2n) is 5.18. The predicted octanol–water partition coefficient (Wildman–Crippen LogP) is 4.10. The average Bonchev–Trinajstić information content (AvgIpc) is 2.79. The Bertz CT molecular complexity index is 608. The van der Waals surface area contributed by atoms with Gasteiger partial charge in [0.2, 0.25) is 0 Å². The Kier molecular flexibility index (Phi) is 5.03. The fourth-order valence-electron chi connectivity index (χ4n) is 2.39. The molecule has 1 aromatic heterocycles. The molecule has 0 amide bonds. The van der Waals surface area contributed by atoms with E-state index in [1.165, 1.54) is 0 Å². The van der Waals surface area contributed by atoms with Crippen molar-refractivity contribution in [2.75, 3.05) is 6.16 Å². The van der Waals surface area contributed by atoms with Crippen molar-refractivity contribution in [1.82, 2.24) is 4.98 Å². The quantitative estimate of drug-likeness (QED) is 0.756. The van der Waals surface area contributed by atoms with E-state index >= 15 is 0 Å². The summed E-state index contributed by atoms with van der Waals surface area (Å²) in [6.45, 7) is 3.88. The van der Waals surface area contributed by atoms with E-state index in [1.54, 1.807) is 0 Å². The fourth-order valence-corrected chi connectivity index (χ4v) is 3.69. The zero-order chi connectivity index (χ0) is 14.6. The summed E-state index contributed by atoms with van der Waals surface area (Å²) in [6, 6.07) is 7.95. The van der Waals surface area contributed by atoms with Crippen LogP contribution in [0.4, 0.5) is 0 Å². The van der Waals surface area contributed by atoms with Gasteiger partial charge in [-0.25, -0.2) is 0 Å². The minimum atomic E-state index is -3.51.